The fourth-order valence-corrected chi connectivity index (χ4v) is 5.35. The van der Waals surface area contributed by atoms with Gasteiger partial charge >= 0.3 is 0 Å². The lowest BCUT2D eigenvalue weighted by Gasteiger charge is -2.41. The maximum Gasteiger partial charge on any atom is 0.280 e. The average Bonchev–Trinajstić information content (AvgIpc) is 2.54. The zero-order chi connectivity index (χ0) is 18.1. The second-order valence-corrected chi connectivity index (χ2v) is 8.56. The van der Waals surface area contributed by atoms with Crippen LogP contribution in [0.3, 0.4) is 0 Å². The second kappa shape index (κ2) is 7.28. The molecule has 1 aromatic carbocycles. The third kappa shape index (κ3) is 4.20. The standard InChI is InChI=1S/C17H25FN2O4S/c1-13-11-20(12-14(2)24-13)25(21,22)19-17(6-8-23-9-7-17)15-4-3-5-16(18)10-15/h3-5,10,13-14,19H,6-9,11-12H2,1-2H3. The normalized spacial score (nSPS) is 28.0. The number of hydrogen-bond donors (Lipinski definition) is 1. The molecule has 0 radical (unpaired) electrons. The van der Waals surface area contributed by atoms with Crippen LogP contribution in [0.1, 0.15) is 32.3 Å². The lowest BCUT2D eigenvalue weighted by molar-refractivity contribution is -0.0450. The molecule has 0 spiro atoms. The lowest BCUT2D eigenvalue weighted by Crippen LogP contribution is -2.57. The van der Waals surface area contributed by atoms with Gasteiger partial charge in [-0.3, -0.25) is 0 Å². The molecule has 0 amide bonds. The van der Waals surface area contributed by atoms with Gasteiger partial charge in [0.1, 0.15) is 5.82 Å². The van der Waals surface area contributed by atoms with Gasteiger partial charge in [0.05, 0.1) is 17.7 Å². The summed E-state index contributed by atoms with van der Waals surface area (Å²) in [7, 11) is -3.74. The van der Waals surface area contributed by atoms with Crippen LogP contribution in [0.2, 0.25) is 0 Å². The van der Waals surface area contributed by atoms with Crippen LogP contribution in [0.4, 0.5) is 4.39 Å². The molecule has 2 saturated heterocycles. The fourth-order valence-electron chi connectivity index (χ4n) is 3.59. The van der Waals surface area contributed by atoms with Crippen LogP contribution >= 0.6 is 0 Å². The number of nitrogens with zero attached hydrogens (tertiary/aromatic N) is 1. The molecule has 2 heterocycles. The van der Waals surface area contributed by atoms with Gasteiger partial charge in [-0.1, -0.05) is 12.1 Å². The van der Waals surface area contributed by atoms with Gasteiger partial charge in [0, 0.05) is 26.3 Å². The van der Waals surface area contributed by atoms with Crippen LogP contribution in [-0.2, 0) is 25.2 Å². The number of nitrogens with one attached hydrogen (secondary N) is 1. The Hall–Kier alpha value is -1.06. The molecule has 140 valence electrons. The van der Waals surface area contributed by atoms with Crippen LogP contribution in [-0.4, -0.2) is 51.2 Å². The maximum atomic E-state index is 13.7. The smallest absolute Gasteiger partial charge is 0.280 e. The van der Waals surface area contributed by atoms with E-state index < -0.39 is 15.7 Å². The van der Waals surface area contributed by atoms with Crippen LogP contribution in [0, 0.1) is 5.82 Å². The highest BCUT2D eigenvalue weighted by Crippen LogP contribution is 2.34. The average molecular weight is 372 g/mol. The van der Waals surface area contributed by atoms with Crippen LogP contribution in [0.25, 0.3) is 0 Å². The molecule has 2 unspecified atom stereocenters. The van der Waals surface area contributed by atoms with E-state index in [4.69, 9.17) is 9.47 Å². The van der Waals surface area contributed by atoms with Gasteiger partial charge in [0.15, 0.2) is 0 Å². The van der Waals surface area contributed by atoms with Gasteiger partial charge in [0.25, 0.3) is 10.2 Å². The summed E-state index contributed by atoms with van der Waals surface area (Å²) in [6.07, 6.45) is 0.594. The van der Waals surface area contributed by atoms with E-state index in [1.807, 2.05) is 13.8 Å². The molecule has 2 fully saturated rings. The number of rotatable bonds is 4. The van der Waals surface area contributed by atoms with Crippen molar-refractivity contribution in [3.05, 3.63) is 35.6 Å². The van der Waals surface area contributed by atoms with E-state index in [0.717, 1.165) is 0 Å². The summed E-state index contributed by atoms with van der Waals surface area (Å²) in [4.78, 5) is 0. The minimum atomic E-state index is -3.74. The van der Waals surface area contributed by atoms with E-state index in [0.29, 0.717) is 44.7 Å². The van der Waals surface area contributed by atoms with Gasteiger partial charge in [-0.25, -0.2) is 4.39 Å². The van der Waals surface area contributed by atoms with E-state index >= 15 is 0 Å². The molecule has 2 atom stereocenters. The van der Waals surface area contributed by atoms with E-state index in [2.05, 4.69) is 4.72 Å². The first kappa shape index (κ1) is 18.7. The quantitative estimate of drug-likeness (QED) is 0.875. The van der Waals surface area contributed by atoms with Crippen molar-refractivity contribution in [2.24, 2.45) is 0 Å². The summed E-state index contributed by atoms with van der Waals surface area (Å²) in [5.41, 5.74) is -0.224. The summed E-state index contributed by atoms with van der Waals surface area (Å²) >= 11 is 0. The number of ether oxygens (including phenoxy) is 2. The van der Waals surface area contributed by atoms with E-state index in [9.17, 15) is 12.8 Å². The fraction of sp³-hybridized carbons (Fsp3) is 0.647. The van der Waals surface area contributed by atoms with Crippen LogP contribution in [0.15, 0.2) is 24.3 Å². The molecule has 0 aliphatic carbocycles. The Kier molecular flexibility index (Phi) is 5.45. The third-order valence-electron chi connectivity index (χ3n) is 4.77. The van der Waals surface area contributed by atoms with Crippen molar-refractivity contribution in [3.63, 3.8) is 0 Å². The van der Waals surface area contributed by atoms with Crippen molar-refractivity contribution in [2.75, 3.05) is 26.3 Å². The Morgan fingerprint density at radius 2 is 1.84 bits per heavy atom. The molecule has 0 aromatic heterocycles. The summed E-state index contributed by atoms with van der Waals surface area (Å²) in [6, 6.07) is 6.13. The second-order valence-electron chi connectivity index (χ2n) is 6.89. The summed E-state index contributed by atoms with van der Waals surface area (Å²) in [6.45, 7) is 5.17. The first-order valence-electron chi connectivity index (χ1n) is 8.59. The van der Waals surface area contributed by atoms with E-state index in [1.54, 1.807) is 12.1 Å². The molecule has 25 heavy (non-hydrogen) atoms. The minimum absolute atomic E-state index is 0.167. The molecule has 0 saturated carbocycles. The molecule has 2 aliphatic heterocycles. The molecule has 0 bridgehead atoms. The van der Waals surface area contributed by atoms with Crippen molar-refractivity contribution in [1.82, 2.24) is 9.03 Å². The number of halogens is 1. The number of benzene rings is 1. The summed E-state index contributed by atoms with van der Waals surface area (Å²) in [5, 5.41) is 0. The molecule has 1 aromatic rings. The molecule has 1 N–H and O–H groups in total. The highest BCUT2D eigenvalue weighted by atomic mass is 32.2. The van der Waals surface area contributed by atoms with Gasteiger partial charge in [-0.15, -0.1) is 0 Å². The maximum absolute atomic E-state index is 13.7. The highest BCUT2D eigenvalue weighted by Gasteiger charge is 2.41. The first-order chi connectivity index (χ1) is 11.8. The van der Waals surface area contributed by atoms with E-state index in [1.165, 1.54) is 16.4 Å². The largest absolute Gasteiger partial charge is 0.381 e. The van der Waals surface area contributed by atoms with Gasteiger partial charge in [-0.2, -0.15) is 17.4 Å². The Morgan fingerprint density at radius 3 is 2.44 bits per heavy atom. The summed E-state index contributed by atoms with van der Waals surface area (Å²) in [5.74, 6) is -0.379. The highest BCUT2D eigenvalue weighted by molar-refractivity contribution is 7.87. The first-order valence-corrected chi connectivity index (χ1v) is 10.0. The SMILES string of the molecule is CC1CN(S(=O)(=O)NC2(c3cccc(F)c3)CCOCC2)CC(C)O1. The predicted molar refractivity (Wildman–Crippen MR) is 91.8 cm³/mol. The van der Waals surface area contributed by atoms with Crippen molar-refractivity contribution in [2.45, 2.75) is 44.4 Å². The zero-order valence-corrected chi connectivity index (χ0v) is 15.4. The molecule has 2 aliphatic rings. The number of hydrogen-bond acceptors (Lipinski definition) is 4. The van der Waals surface area contributed by atoms with Crippen molar-refractivity contribution < 1.29 is 22.3 Å². The topological polar surface area (TPSA) is 67.9 Å². The minimum Gasteiger partial charge on any atom is -0.381 e. The Morgan fingerprint density at radius 1 is 1.20 bits per heavy atom. The lowest BCUT2D eigenvalue weighted by atomic mass is 9.84. The van der Waals surface area contributed by atoms with Crippen molar-refractivity contribution in [3.8, 4) is 0 Å². The van der Waals surface area contributed by atoms with Crippen LogP contribution < -0.4 is 4.72 Å². The van der Waals surface area contributed by atoms with Crippen LogP contribution in [0.5, 0.6) is 0 Å². The Balaban J connectivity index is 1.90. The van der Waals surface area contributed by atoms with Gasteiger partial charge < -0.3 is 9.47 Å². The molecular weight excluding hydrogens is 347 g/mol. The van der Waals surface area contributed by atoms with Crippen molar-refractivity contribution >= 4 is 10.2 Å². The Bertz CT molecular complexity index is 696. The summed E-state index contributed by atoms with van der Waals surface area (Å²) < 4.78 is 55.1. The van der Waals surface area contributed by atoms with Gasteiger partial charge in [0.2, 0.25) is 0 Å². The molecule has 8 heteroatoms. The monoisotopic (exact) mass is 372 g/mol. The number of morpholine rings is 1. The molecule has 6 nitrogen and oxygen atoms in total. The third-order valence-corrected chi connectivity index (χ3v) is 6.40. The zero-order valence-electron chi connectivity index (χ0n) is 14.6. The predicted octanol–water partition coefficient (Wildman–Crippen LogP) is 1.77. The molecule has 3 rings (SSSR count). The van der Waals surface area contributed by atoms with E-state index in [-0.39, 0.29) is 18.0 Å². The Labute approximate surface area is 148 Å². The van der Waals surface area contributed by atoms with Gasteiger partial charge in [-0.05, 0) is 44.4 Å². The van der Waals surface area contributed by atoms with Crippen molar-refractivity contribution in [1.29, 1.82) is 0 Å². The molecular formula is C17H25FN2O4S.